The van der Waals surface area contributed by atoms with Gasteiger partial charge in [0.2, 0.25) is 0 Å². The molecule has 0 bridgehead atoms. The number of rotatable bonds is 7. The molecule has 0 spiro atoms. The standard InChI is InChI=1S/C16H28N2O/c1-13(2)10-17-11-16(3,4)12-18(5)14-6-8-15(19)9-7-14/h6-9,13,17,19H,10-12H2,1-5H3. The number of hydrogen-bond donors (Lipinski definition) is 2. The number of phenolic OH excluding ortho intramolecular Hbond substituents is 1. The molecule has 0 unspecified atom stereocenters. The Kier molecular flexibility index (Phi) is 5.67. The Morgan fingerprint density at radius 3 is 2.32 bits per heavy atom. The minimum absolute atomic E-state index is 0.210. The van der Waals surface area contributed by atoms with Gasteiger partial charge in [0.25, 0.3) is 0 Å². The van der Waals surface area contributed by atoms with E-state index in [9.17, 15) is 5.11 Å². The van der Waals surface area contributed by atoms with Gasteiger partial charge in [0, 0.05) is 25.8 Å². The Morgan fingerprint density at radius 1 is 1.21 bits per heavy atom. The van der Waals surface area contributed by atoms with Gasteiger partial charge < -0.3 is 15.3 Å². The van der Waals surface area contributed by atoms with Crippen LogP contribution in [0.15, 0.2) is 24.3 Å². The minimum Gasteiger partial charge on any atom is -0.508 e. The van der Waals surface area contributed by atoms with Crippen LogP contribution in [-0.4, -0.2) is 31.8 Å². The molecule has 0 aliphatic heterocycles. The first-order valence-corrected chi connectivity index (χ1v) is 7.01. The third-order valence-corrected chi connectivity index (χ3v) is 3.11. The van der Waals surface area contributed by atoms with Crippen molar-refractivity contribution in [3.63, 3.8) is 0 Å². The molecule has 19 heavy (non-hydrogen) atoms. The predicted molar refractivity (Wildman–Crippen MR) is 82.9 cm³/mol. The number of nitrogens with zero attached hydrogens (tertiary/aromatic N) is 1. The Balaban J connectivity index is 2.49. The normalized spacial score (nSPS) is 11.9. The quantitative estimate of drug-likeness (QED) is 0.794. The number of aromatic hydroxyl groups is 1. The molecule has 3 heteroatoms. The van der Waals surface area contributed by atoms with E-state index in [-0.39, 0.29) is 5.41 Å². The number of nitrogens with one attached hydrogen (secondary N) is 1. The molecule has 0 aliphatic rings. The van der Waals surface area contributed by atoms with Gasteiger partial charge >= 0.3 is 0 Å². The summed E-state index contributed by atoms with van der Waals surface area (Å²) in [5.41, 5.74) is 1.34. The van der Waals surface area contributed by atoms with Gasteiger partial charge in [0.05, 0.1) is 0 Å². The van der Waals surface area contributed by atoms with Crippen LogP contribution in [0.1, 0.15) is 27.7 Å². The first-order chi connectivity index (χ1) is 8.80. The van der Waals surface area contributed by atoms with E-state index in [1.54, 1.807) is 12.1 Å². The highest BCUT2D eigenvalue weighted by molar-refractivity contribution is 5.48. The van der Waals surface area contributed by atoms with Crippen molar-refractivity contribution in [2.24, 2.45) is 11.3 Å². The van der Waals surface area contributed by atoms with Crippen molar-refractivity contribution in [3.8, 4) is 5.75 Å². The lowest BCUT2D eigenvalue weighted by Gasteiger charge is -2.32. The SMILES string of the molecule is CC(C)CNCC(C)(C)CN(C)c1ccc(O)cc1. The highest BCUT2D eigenvalue weighted by atomic mass is 16.3. The van der Waals surface area contributed by atoms with Gasteiger partial charge in [0.15, 0.2) is 0 Å². The molecule has 1 rings (SSSR count). The van der Waals surface area contributed by atoms with Gasteiger partial charge in [-0.25, -0.2) is 0 Å². The molecule has 2 N–H and O–H groups in total. The molecule has 0 radical (unpaired) electrons. The minimum atomic E-state index is 0.210. The largest absolute Gasteiger partial charge is 0.508 e. The summed E-state index contributed by atoms with van der Waals surface area (Å²) in [4.78, 5) is 2.23. The van der Waals surface area contributed by atoms with Crippen molar-refractivity contribution in [2.45, 2.75) is 27.7 Å². The second kappa shape index (κ2) is 6.80. The van der Waals surface area contributed by atoms with Crippen LogP contribution in [0, 0.1) is 11.3 Å². The summed E-state index contributed by atoms with van der Waals surface area (Å²) in [6.45, 7) is 12.0. The Morgan fingerprint density at radius 2 is 1.79 bits per heavy atom. The topological polar surface area (TPSA) is 35.5 Å². The summed E-state index contributed by atoms with van der Waals surface area (Å²) in [6, 6.07) is 7.37. The summed E-state index contributed by atoms with van der Waals surface area (Å²) >= 11 is 0. The van der Waals surface area contributed by atoms with E-state index in [4.69, 9.17) is 0 Å². The highest BCUT2D eigenvalue weighted by Crippen LogP contribution is 2.22. The Hall–Kier alpha value is -1.22. The zero-order valence-corrected chi connectivity index (χ0v) is 12.9. The summed E-state index contributed by atoms with van der Waals surface area (Å²) in [5.74, 6) is 1.00. The molecular weight excluding hydrogens is 236 g/mol. The molecule has 108 valence electrons. The van der Waals surface area contributed by atoms with Crippen molar-refractivity contribution >= 4 is 5.69 Å². The molecule has 3 nitrogen and oxygen atoms in total. The van der Waals surface area contributed by atoms with E-state index < -0.39 is 0 Å². The third-order valence-electron chi connectivity index (χ3n) is 3.11. The maximum absolute atomic E-state index is 9.31. The first kappa shape index (κ1) is 15.8. The maximum Gasteiger partial charge on any atom is 0.115 e. The summed E-state index contributed by atoms with van der Waals surface area (Å²) in [6.07, 6.45) is 0. The van der Waals surface area contributed by atoms with E-state index >= 15 is 0 Å². The molecule has 1 aromatic rings. The average molecular weight is 264 g/mol. The lowest BCUT2D eigenvalue weighted by Crippen LogP contribution is -2.40. The van der Waals surface area contributed by atoms with Gasteiger partial charge in [-0.3, -0.25) is 0 Å². The maximum atomic E-state index is 9.31. The van der Waals surface area contributed by atoms with Gasteiger partial charge in [-0.1, -0.05) is 27.7 Å². The Bertz CT molecular complexity index is 371. The van der Waals surface area contributed by atoms with Gasteiger partial charge in [0.1, 0.15) is 5.75 Å². The van der Waals surface area contributed by atoms with Crippen molar-refractivity contribution in [3.05, 3.63) is 24.3 Å². The number of phenols is 1. The van der Waals surface area contributed by atoms with Crippen LogP contribution in [-0.2, 0) is 0 Å². The molecule has 0 heterocycles. The molecule has 0 saturated heterocycles. The van der Waals surface area contributed by atoms with E-state index in [0.717, 1.165) is 25.3 Å². The monoisotopic (exact) mass is 264 g/mol. The predicted octanol–water partition coefficient (Wildman–Crippen LogP) is 3.10. The molecule has 0 saturated carbocycles. The van der Waals surface area contributed by atoms with Crippen molar-refractivity contribution < 1.29 is 5.11 Å². The fraction of sp³-hybridized carbons (Fsp3) is 0.625. The second-order valence-electron chi connectivity index (χ2n) is 6.56. The van der Waals surface area contributed by atoms with Crippen LogP contribution in [0.5, 0.6) is 5.75 Å². The second-order valence-corrected chi connectivity index (χ2v) is 6.56. The lowest BCUT2D eigenvalue weighted by molar-refractivity contribution is 0.338. The summed E-state index contributed by atoms with van der Waals surface area (Å²) in [5, 5.41) is 12.8. The van der Waals surface area contributed by atoms with E-state index in [1.807, 2.05) is 12.1 Å². The van der Waals surface area contributed by atoms with E-state index in [0.29, 0.717) is 11.7 Å². The van der Waals surface area contributed by atoms with E-state index in [1.165, 1.54) is 0 Å². The van der Waals surface area contributed by atoms with Gasteiger partial charge in [-0.15, -0.1) is 0 Å². The van der Waals surface area contributed by atoms with Crippen molar-refractivity contribution in [1.82, 2.24) is 5.32 Å². The zero-order chi connectivity index (χ0) is 14.5. The number of anilines is 1. The fourth-order valence-corrected chi connectivity index (χ4v) is 2.20. The smallest absolute Gasteiger partial charge is 0.115 e. The molecule has 0 aliphatic carbocycles. The first-order valence-electron chi connectivity index (χ1n) is 7.01. The van der Waals surface area contributed by atoms with Crippen LogP contribution in [0.3, 0.4) is 0 Å². The summed E-state index contributed by atoms with van der Waals surface area (Å²) in [7, 11) is 2.09. The van der Waals surface area contributed by atoms with Crippen LogP contribution in [0.2, 0.25) is 0 Å². The lowest BCUT2D eigenvalue weighted by atomic mass is 9.92. The van der Waals surface area contributed by atoms with Crippen LogP contribution in [0.25, 0.3) is 0 Å². The zero-order valence-electron chi connectivity index (χ0n) is 12.9. The molecule has 0 fully saturated rings. The average Bonchev–Trinajstić information content (AvgIpc) is 2.28. The molecular formula is C16H28N2O. The summed E-state index contributed by atoms with van der Waals surface area (Å²) < 4.78 is 0. The molecule has 0 atom stereocenters. The molecule has 0 amide bonds. The van der Waals surface area contributed by atoms with Crippen LogP contribution < -0.4 is 10.2 Å². The number of hydrogen-bond acceptors (Lipinski definition) is 3. The van der Waals surface area contributed by atoms with Crippen LogP contribution >= 0.6 is 0 Å². The van der Waals surface area contributed by atoms with Crippen LogP contribution in [0.4, 0.5) is 5.69 Å². The molecule has 1 aromatic carbocycles. The third kappa shape index (κ3) is 5.97. The fourth-order valence-electron chi connectivity index (χ4n) is 2.20. The highest BCUT2D eigenvalue weighted by Gasteiger charge is 2.20. The Labute approximate surface area is 117 Å². The van der Waals surface area contributed by atoms with Crippen molar-refractivity contribution in [2.75, 3.05) is 31.6 Å². The molecule has 0 aromatic heterocycles. The van der Waals surface area contributed by atoms with Gasteiger partial charge in [-0.2, -0.15) is 0 Å². The van der Waals surface area contributed by atoms with Gasteiger partial charge in [-0.05, 0) is 42.1 Å². The number of benzene rings is 1. The van der Waals surface area contributed by atoms with E-state index in [2.05, 4.69) is 45.0 Å². The van der Waals surface area contributed by atoms with Crippen molar-refractivity contribution in [1.29, 1.82) is 0 Å².